The van der Waals surface area contributed by atoms with Crippen LogP contribution in [0.5, 0.6) is 0 Å². The molecule has 0 spiro atoms. The minimum absolute atomic E-state index is 0.201. The second-order valence-electron chi connectivity index (χ2n) is 5.95. The van der Waals surface area contributed by atoms with Crippen molar-refractivity contribution in [1.82, 2.24) is 10.3 Å². The summed E-state index contributed by atoms with van der Waals surface area (Å²) in [5.41, 5.74) is 1.97. The van der Waals surface area contributed by atoms with Crippen molar-refractivity contribution in [2.45, 2.75) is 32.6 Å². The smallest absolute Gasteiger partial charge is 0.261 e. The molecule has 3 rings (SSSR count). The molecule has 2 N–H and O–H groups in total. The van der Waals surface area contributed by atoms with Crippen molar-refractivity contribution < 1.29 is 9.21 Å². The van der Waals surface area contributed by atoms with Gasteiger partial charge in [-0.1, -0.05) is 6.92 Å². The van der Waals surface area contributed by atoms with Gasteiger partial charge in [-0.25, -0.2) is 0 Å². The summed E-state index contributed by atoms with van der Waals surface area (Å²) in [4.78, 5) is 27.1. The van der Waals surface area contributed by atoms with Crippen molar-refractivity contribution in [3.05, 3.63) is 57.4 Å². The van der Waals surface area contributed by atoms with Gasteiger partial charge in [0, 0.05) is 18.7 Å². The molecular formula is C17H20N2O3. The Morgan fingerprint density at radius 3 is 3.14 bits per heavy atom. The molecule has 1 aliphatic rings. The van der Waals surface area contributed by atoms with E-state index in [1.54, 1.807) is 12.3 Å². The van der Waals surface area contributed by atoms with Gasteiger partial charge in [-0.15, -0.1) is 0 Å². The summed E-state index contributed by atoms with van der Waals surface area (Å²) in [6.07, 6.45) is 5.09. The third-order valence-electron chi connectivity index (χ3n) is 4.15. The molecular weight excluding hydrogens is 280 g/mol. The van der Waals surface area contributed by atoms with E-state index >= 15 is 0 Å². The number of hydrogen-bond donors (Lipinski definition) is 2. The third kappa shape index (κ3) is 3.13. The molecule has 0 saturated heterocycles. The highest BCUT2D eigenvalue weighted by molar-refractivity contribution is 5.94. The first-order valence-corrected chi connectivity index (χ1v) is 7.69. The largest absolute Gasteiger partial charge is 0.469 e. The maximum absolute atomic E-state index is 12.2. The van der Waals surface area contributed by atoms with Crippen LogP contribution < -0.4 is 10.9 Å². The van der Waals surface area contributed by atoms with E-state index in [1.807, 2.05) is 12.1 Å². The van der Waals surface area contributed by atoms with Gasteiger partial charge < -0.3 is 14.7 Å². The Kier molecular flexibility index (Phi) is 4.13. The Morgan fingerprint density at radius 1 is 1.50 bits per heavy atom. The Balaban J connectivity index is 1.69. The molecule has 22 heavy (non-hydrogen) atoms. The molecule has 2 aromatic rings. The topological polar surface area (TPSA) is 75.1 Å². The second-order valence-corrected chi connectivity index (χ2v) is 5.95. The Hall–Kier alpha value is -2.30. The number of hydrogen-bond acceptors (Lipinski definition) is 3. The van der Waals surface area contributed by atoms with Gasteiger partial charge in [-0.2, -0.15) is 0 Å². The first kappa shape index (κ1) is 14.6. The molecule has 5 heteroatoms. The van der Waals surface area contributed by atoms with Crippen LogP contribution in [0.1, 0.15) is 40.7 Å². The predicted molar refractivity (Wildman–Crippen MR) is 83.0 cm³/mol. The average molecular weight is 300 g/mol. The number of pyridine rings is 1. The lowest BCUT2D eigenvalue weighted by Gasteiger charge is -2.21. The first-order chi connectivity index (χ1) is 10.6. The number of aryl methyl sites for hydroxylation is 1. The fraction of sp³-hybridized carbons (Fsp3) is 0.412. The van der Waals surface area contributed by atoms with Crippen molar-refractivity contribution in [3.63, 3.8) is 0 Å². The van der Waals surface area contributed by atoms with Crippen molar-refractivity contribution >= 4 is 5.91 Å². The lowest BCUT2D eigenvalue weighted by molar-refractivity contribution is 0.0952. The lowest BCUT2D eigenvalue weighted by atomic mass is 9.87. The SMILES string of the molecule is C[C@@H]1CCc2[nH]c(=O)c(C(=O)NCCc3ccco3)cc2C1. The highest BCUT2D eigenvalue weighted by atomic mass is 16.3. The Bertz CT molecular complexity index is 716. The molecule has 0 aromatic carbocycles. The fourth-order valence-corrected chi connectivity index (χ4v) is 2.90. The summed E-state index contributed by atoms with van der Waals surface area (Å²) in [6, 6.07) is 5.43. The summed E-state index contributed by atoms with van der Waals surface area (Å²) < 4.78 is 5.21. The number of carbonyl (C=O) groups is 1. The van der Waals surface area contributed by atoms with Gasteiger partial charge in [-0.3, -0.25) is 9.59 Å². The van der Waals surface area contributed by atoms with Gasteiger partial charge in [0.05, 0.1) is 6.26 Å². The number of H-pyrrole nitrogens is 1. The molecule has 0 unspecified atom stereocenters. The van der Waals surface area contributed by atoms with Crippen molar-refractivity contribution in [1.29, 1.82) is 0 Å². The predicted octanol–water partition coefficient (Wildman–Crippen LogP) is 2.07. The van der Waals surface area contributed by atoms with Crippen LogP contribution in [0.3, 0.4) is 0 Å². The maximum Gasteiger partial charge on any atom is 0.261 e. The standard InChI is InChI=1S/C17H20N2O3/c1-11-4-5-15-12(9-11)10-14(17(21)19-15)16(20)18-7-6-13-3-2-8-22-13/h2-3,8,10-11H,4-7,9H2,1H3,(H,18,20)(H,19,21)/t11-/m1/s1. The van der Waals surface area contributed by atoms with E-state index in [-0.39, 0.29) is 17.0 Å². The first-order valence-electron chi connectivity index (χ1n) is 7.69. The highest BCUT2D eigenvalue weighted by Gasteiger charge is 2.19. The monoisotopic (exact) mass is 300 g/mol. The van der Waals surface area contributed by atoms with Gasteiger partial charge in [0.2, 0.25) is 0 Å². The number of amides is 1. The van der Waals surface area contributed by atoms with E-state index in [2.05, 4.69) is 17.2 Å². The molecule has 5 nitrogen and oxygen atoms in total. The van der Waals surface area contributed by atoms with Crippen LogP contribution in [-0.4, -0.2) is 17.4 Å². The average Bonchev–Trinajstić information content (AvgIpc) is 3.00. The van der Waals surface area contributed by atoms with E-state index < -0.39 is 0 Å². The van der Waals surface area contributed by atoms with Gasteiger partial charge >= 0.3 is 0 Å². The molecule has 0 saturated carbocycles. The normalized spacial score (nSPS) is 17.0. The van der Waals surface area contributed by atoms with Crippen LogP contribution in [-0.2, 0) is 19.3 Å². The molecule has 0 bridgehead atoms. The van der Waals surface area contributed by atoms with Crippen LogP contribution >= 0.6 is 0 Å². The Morgan fingerprint density at radius 2 is 2.36 bits per heavy atom. The van der Waals surface area contributed by atoms with Crippen LogP contribution in [0.15, 0.2) is 33.7 Å². The minimum Gasteiger partial charge on any atom is -0.469 e. The summed E-state index contributed by atoms with van der Waals surface area (Å²) in [5, 5.41) is 2.78. The number of aromatic amines is 1. The molecule has 2 aromatic heterocycles. The van der Waals surface area contributed by atoms with Gasteiger partial charge in [0.1, 0.15) is 11.3 Å². The molecule has 1 amide bonds. The molecule has 1 atom stereocenters. The molecule has 0 fully saturated rings. The van der Waals surface area contributed by atoms with Crippen LogP contribution in [0, 0.1) is 5.92 Å². The van der Waals surface area contributed by atoms with E-state index in [0.717, 1.165) is 36.3 Å². The van der Waals surface area contributed by atoms with Gasteiger partial charge in [0.15, 0.2) is 0 Å². The zero-order chi connectivity index (χ0) is 15.5. The molecule has 116 valence electrons. The van der Waals surface area contributed by atoms with Crippen molar-refractivity contribution in [2.24, 2.45) is 5.92 Å². The van der Waals surface area contributed by atoms with Gasteiger partial charge in [-0.05, 0) is 48.9 Å². The zero-order valence-corrected chi connectivity index (χ0v) is 12.6. The fourth-order valence-electron chi connectivity index (χ4n) is 2.90. The number of furan rings is 1. The zero-order valence-electron chi connectivity index (χ0n) is 12.6. The molecule has 0 radical (unpaired) electrons. The van der Waals surface area contributed by atoms with Crippen LogP contribution in [0.4, 0.5) is 0 Å². The van der Waals surface area contributed by atoms with Crippen LogP contribution in [0.2, 0.25) is 0 Å². The quantitative estimate of drug-likeness (QED) is 0.907. The van der Waals surface area contributed by atoms with E-state index in [0.29, 0.717) is 18.9 Å². The second kappa shape index (κ2) is 6.22. The minimum atomic E-state index is -0.325. The summed E-state index contributed by atoms with van der Waals surface area (Å²) >= 11 is 0. The number of aromatic nitrogens is 1. The van der Waals surface area contributed by atoms with E-state index in [9.17, 15) is 9.59 Å². The van der Waals surface area contributed by atoms with Crippen molar-refractivity contribution in [2.75, 3.05) is 6.54 Å². The molecule has 2 heterocycles. The summed E-state index contributed by atoms with van der Waals surface area (Å²) in [5.74, 6) is 1.08. The number of carbonyl (C=O) groups excluding carboxylic acids is 1. The molecule has 0 aliphatic heterocycles. The lowest BCUT2D eigenvalue weighted by Crippen LogP contribution is -2.32. The highest BCUT2D eigenvalue weighted by Crippen LogP contribution is 2.23. The summed E-state index contributed by atoms with van der Waals surface area (Å²) in [7, 11) is 0. The Labute approximate surface area is 128 Å². The van der Waals surface area contributed by atoms with Crippen LogP contribution in [0.25, 0.3) is 0 Å². The van der Waals surface area contributed by atoms with E-state index in [1.165, 1.54) is 0 Å². The maximum atomic E-state index is 12.2. The number of fused-ring (bicyclic) bond motifs is 1. The third-order valence-corrected chi connectivity index (χ3v) is 4.15. The summed E-state index contributed by atoms with van der Waals surface area (Å²) in [6.45, 7) is 2.64. The van der Waals surface area contributed by atoms with E-state index in [4.69, 9.17) is 4.42 Å². The number of nitrogens with one attached hydrogen (secondary N) is 2. The van der Waals surface area contributed by atoms with Gasteiger partial charge in [0.25, 0.3) is 11.5 Å². The van der Waals surface area contributed by atoms with Crippen molar-refractivity contribution in [3.8, 4) is 0 Å². The number of rotatable bonds is 4. The molecule has 1 aliphatic carbocycles.